The van der Waals surface area contributed by atoms with Crippen LogP contribution in [0.3, 0.4) is 0 Å². The van der Waals surface area contributed by atoms with E-state index in [-0.39, 0.29) is 37.1 Å². The van der Waals surface area contributed by atoms with Crippen molar-refractivity contribution in [2.45, 2.75) is 200 Å². The Morgan fingerprint density at radius 3 is 1.49 bits per heavy atom. The Kier molecular flexibility index (Phi) is 29.4. The molecule has 0 atom stereocenters. The summed E-state index contributed by atoms with van der Waals surface area (Å²) in [6, 6.07) is 0. The summed E-state index contributed by atoms with van der Waals surface area (Å²) in [4.78, 5) is 40.8. The zero-order valence-electron chi connectivity index (χ0n) is 31.3. The fourth-order valence-corrected chi connectivity index (χ4v) is 6.62. The fraction of sp³-hybridized carbons (Fsp3) is 0.925. The molecule has 47 heavy (non-hydrogen) atoms. The van der Waals surface area contributed by atoms with Crippen LogP contribution >= 0.6 is 0 Å². The molecular formula is C40H76N2O5. The van der Waals surface area contributed by atoms with E-state index in [0.29, 0.717) is 13.0 Å². The predicted molar refractivity (Wildman–Crippen MR) is 196 cm³/mol. The van der Waals surface area contributed by atoms with Gasteiger partial charge in [0.2, 0.25) is 0 Å². The van der Waals surface area contributed by atoms with Crippen LogP contribution in [0.5, 0.6) is 0 Å². The quantitative estimate of drug-likeness (QED) is 0.0387. The molecule has 0 spiro atoms. The number of rotatable bonds is 34. The van der Waals surface area contributed by atoms with Crippen molar-refractivity contribution in [2.75, 3.05) is 39.4 Å². The molecule has 0 bridgehead atoms. The van der Waals surface area contributed by atoms with Crippen LogP contribution < -0.4 is 0 Å². The number of morpholine rings is 1. The largest absolute Gasteiger partial charge is 0.462 e. The van der Waals surface area contributed by atoms with E-state index in [1.165, 1.54) is 127 Å². The average molecular weight is 665 g/mol. The molecule has 7 nitrogen and oxygen atoms in total. The van der Waals surface area contributed by atoms with Gasteiger partial charge in [0.1, 0.15) is 19.3 Å². The van der Waals surface area contributed by atoms with Crippen molar-refractivity contribution in [2.24, 2.45) is 0 Å². The number of carbonyl (C=O) groups excluding carboxylic acids is 3. The first-order chi connectivity index (χ1) is 23.0. The maximum atomic E-state index is 12.7. The van der Waals surface area contributed by atoms with Gasteiger partial charge in [-0.15, -0.1) is 0 Å². The van der Waals surface area contributed by atoms with Gasteiger partial charge < -0.3 is 14.4 Å². The second-order valence-corrected chi connectivity index (χ2v) is 14.1. The van der Waals surface area contributed by atoms with E-state index in [0.717, 1.165) is 64.6 Å². The Morgan fingerprint density at radius 1 is 0.596 bits per heavy atom. The van der Waals surface area contributed by atoms with Crippen molar-refractivity contribution >= 4 is 17.8 Å². The minimum atomic E-state index is -0.210. The maximum absolute atomic E-state index is 12.7. The number of hydrogen-bond acceptors (Lipinski definition) is 6. The van der Waals surface area contributed by atoms with E-state index < -0.39 is 0 Å². The van der Waals surface area contributed by atoms with Crippen molar-refractivity contribution in [1.29, 1.82) is 0 Å². The van der Waals surface area contributed by atoms with Gasteiger partial charge >= 0.3 is 5.97 Å². The van der Waals surface area contributed by atoms with Crippen molar-refractivity contribution in [3.8, 4) is 0 Å². The Balaban J connectivity index is 2.32. The van der Waals surface area contributed by atoms with Crippen molar-refractivity contribution in [3.63, 3.8) is 0 Å². The van der Waals surface area contributed by atoms with Gasteiger partial charge in [0.15, 0.2) is 0 Å². The lowest BCUT2D eigenvalue weighted by Gasteiger charge is -2.27. The molecular weight excluding hydrogens is 588 g/mol. The maximum Gasteiger partial charge on any atom is 0.306 e. The molecule has 0 radical (unpaired) electrons. The van der Waals surface area contributed by atoms with Crippen LogP contribution in [0, 0.1) is 0 Å². The SMILES string of the molecule is CCCCCCCCC(CCCCCCCC)OC(=O)CCCCCCCN(CCCCCCCC)CCCN1C(=O)COCC1=O. The van der Waals surface area contributed by atoms with E-state index in [9.17, 15) is 14.4 Å². The summed E-state index contributed by atoms with van der Waals surface area (Å²) in [6.45, 7) is 10.3. The minimum Gasteiger partial charge on any atom is -0.462 e. The summed E-state index contributed by atoms with van der Waals surface area (Å²) in [7, 11) is 0. The highest BCUT2D eigenvalue weighted by Crippen LogP contribution is 2.18. The highest BCUT2D eigenvalue weighted by atomic mass is 16.5. The molecule has 0 N–H and O–H groups in total. The summed E-state index contributed by atoms with van der Waals surface area (Å²) in [5.74, 6) is -0.410. The van der Waals surface area contributed by atoms with Gasteiger partial charge in [-0.05, 0) is 71.0 Å². The number of unbranched alkanes of at least 4 members (excludes halogenated alkanes) is 19. The van der Waals surface area contributed by atoms with Gasteiger partial charge in [0, 0.05) is 13.0 Å². The second-order valence-electron chi connectivity index (χ2n) is 14.1. The fourth-order valence-electron chi connectivity index (χ4n) is 6.62. The molecule has 0 aromatic rings. The summed E-state index contributed by atoms with van der Waals surface area (Å²) < 4.78 is 11.1. The molecule has 276 valence electrons. The minimum absolute atomic E-state index is 0.00862. The first-order valence-corrected chi connectivity index (χ1v) is 20.3. The molecule has 0 aromatic carbocycles. The summed E-state index contributed by atoms with van der Waals surface area (Å²) >= 11 is 0. The van der Waals surface area contributed by atoms with Crippen LogP contribution in [0.15, 0.2) is 0 Å². The zero-order chi connectivity index (χ0) is 34.2. The van der Waals surface area contributed by atoms with E-state index in [1.54, 1.807) is 0 Å². The Bertz CT molecular complexity index is 729. The monoisotopic (exact) mass is 665 g/mol. The van der Waals surface area contributed by atoms with Gasteiger partial charge in [0.25, 0.3) is 11.8 Å². The Labute approximate surface area is 290 Å². The number of esters is 1. The number of imide groups is 1. The van der Waals surface area contributed by atoms with Gasteiger partial charge in [-0.2, -0.15) is 0 Å². The second kappa shape index (κ2) is 31.8. The number of ether oxygens (including phenoxy) is 2. The third-order valence-corrected chi connectivity index (χ3v) is 9.65. The number of carbonyl (C=O) groups is 3. The lowest BCUT2D eigenvalue weighted by atomic mass is 10.0. The molecule has 1 heterocycles. The molecule has 0 saturated carbocycles. The van der Waals surface area contributed by atoms with E-state index >= 15 is 0 Å². The van der Waals surface area contributed by atoms with Crippen LogP contribution in [0.4, 0.5) is 0 Å². The average Bonchev–Trinajstić information content (AvgIpc) is 3.06. The highest BCUT2D eigenvalue weighted by molar-refractivity contribution is 5.98. The summed E-state index contributed by atoms with van der Waals surface area (Å²) in [6.07, 6.45) is 32.0. The predicted octanol–water partition coefficient (Wildman–Crippen LogP) is 10.2. The van der Waals surface area contributed by atoms with Crippen LogP contribution in [0.25, 0.3) is 0 Å². The van der Waals surface area contributed by atoms with Gasteiger partial charge in [-0.25, -0.2) is 0 Å². The Hall–Kier alpha value is -1.47. The van der Waals surface area contributed by atoms with Gasteiger partial charge in [0.05, 0.1) is 0 Å². The van der Waals surface area contributed by atoms with Crippen molar-refractivity contribution in [1.82, 2.24) is 9.80 Å². The molecule has 1 saturated heterocycles. The first-order valence-electron chi connectivity index (χ1n) is 20.3. The molecule has 1 aliphatic rings. The molecule has 2 amide bonds. The smallest absolute Gasteiger partial charge is 0.306 e. The van der Waals surface area contributed by atoms with Gasteiger partial charge in [-0.1, -0.05) is 136 Å². The topological polar surface area (TPSA) is 76.2 Å². The lowest BCUT2D eigenvalue weighted by molar-refractivity contribution is -0.158. The molecule has 1 aliphatic heterocycles. The van der Waals surface area contributed by atoms with Crippen LogP contribution in [-0.4, -0.2) is 73.1 Å². The molecule has 0 aliphatic carbocycles. The van der Waals surface area contributed by atoms with Crippen LogP contribution in [-0.2, 0) is 23.9 Å². The first kappa shape index (κ1) is 43.6. The van der Waals surface area contributed by atoms with Crippen molar-refractivity contribution in [3.05, 3.63) is 0 Å². The summed E-state index contributed by atoms with van der Waals surface area (Å²) in [5.41, 5.74) is 0. The normalized spacial score (nSPS) is 13.8. The number of nitrogens with zero attached hydrogens (tertiary/aromatic N) is 2. The highest BCUT2D eigenvalue weighted by Gasteiger charge is 2.26. The van der Waals surface area contributed by atoms with Crippen molar-refractivity contribution < 1.29 is 23.9 Å². The molecule has 0 unspecified atom stereocenters. The molecule has 0 aromatic heterocycles. The van der Waals surface area contributed by atoms with E-state index in [1.807, 2.05) is 0 Å². The van der Waals surface area contributed by atoms with E-state index in [2.05, 4.69) is 25.7 Å². The molecule has 1 fully saturated rings. The van der Waals surface area contributed by atoms with Gasteiger partial charge in [-0.3, -0.25) is 19.3 Å². The lowest BCUT2D eigenvalue weighted by Crippen LogP contribution is -2.47. The van der Waals surface area contributed by atoms with Crippen LogP contribution in [0.2, 0.25) is 0 Å². The van der Waals surface area contributed by atoms with E-state index in [4.69, 9.17) is 9.47 Å². The number of amides is 2. The zero-order valence-corrected chi connectivity index (χ0v) is 31.3. The molecule has 1 rings (SSSR count). The Morgan fingerprint density at radius 2 is 1.00 bits per heavy atom. The molecule has 7 heteroatoms. The van der Waals surface area contributed by atoms with Crippen LogP contribution in [0.1, 0.15) is 194 Å². The third kappa shape index (κ3) is 25.2. The number of hydrogen-bond donors (Lipinski definition) is 0. The summed E-state index contributed by atoms with van der Waals surface area (Å²) in [5, 5.41) is 0. The standard InChI is InChI=1S/C40H76N2O5/c1-4-7-10-13-17-22-28-37(29-23-18-14-11-8-5-2)47-40(45)30-24-19-16-21-26-32-41(31-25-20-15-12-9-6-3)33-27-34-42-38(43)35-46-36-39(42)44/h37H,4-36H2,1-3H3. The third-order valence-electron chi connectivity index (χ3n) is 9.65.